The molecule has 2 amide bonds. The van der Waals surface area contributed by atoms with Crippen LogP contribution in [0.5, 0.6) is 11.5 Å². The van der Waals surface area contributed by atoms with Crippen LogP contribution < -0.4 is 19.1 Å². The first-order valence-electron chi connectivity index (χ1n) is 12.2. The van der Waals surface area contributed by atoms with Crippen LogP contribution >= 0.6 is 0 Å². The van der Waals surface area contributed by atoms with Crippen LogP contribution in [0.1, 0.15) is 38.7 Å². The standard InChI is InChI=1S/C26H35N3O6S/c1-4-6-14-27-26(31)22(5-2)28(18-20-10-8-7-9-11-20)25(30)19-29(36(3,32)33)21-12-13-23-24(17-21)35-16-15-34-23/h7-13,17,22H,4-6,14-16,18-19H2,1-3H3,(H,27,31). The Morgan fingerprint density at radius 2 is 1.72 bits per heavy atom. The molecule has 0 spiro atoms. The minimum Gasteiger partial charge on any atom is -0.486 e. The van der Waals surface area contributed by atoms with Crippen LogP contribution in [0, 0.1) is 0 Å². The number of sulfonamides is 1. The topological polar surface area (TPSA) is 105 Å². The number of ether oxygens (including phenoxy) is 2. The van der Waals surface area contributed by atoms with Crippen molar-refractivity contribution in [3.05, 3.63) is 54.1 Å². The maximum Gasteiger partial charge on any atom is 0.244 e. The van der Waals surface area contributed by atoms with Crippen LogP contribution in [-0.2, 0) is 26.2 Å². The van der Waals surface area contributed by atoms with Gasteiger partial charge in [-0.3, -0.25) is 13.9 Å². The number of hydrogen-bond acceptors (Lipinski definition) is 6. The maximum atomic E-state index is 13.7. The predicted molar refractivity (Wildman–Crippen MR) is 139 cm³/mol. The molecule has 2 aromatic rings. The molecule has 2 aromatic carbocycles. The molecule has 0 aromatic heterocycles. The Morgan fingerprint density at radius 3 is 2.36 bits per heavy atom. The summed E-state index contributed by atoms with van der Waals surface area (Å²) < 4.78 is 37.7. The van der Waals surface area contributed by atoms with Gasteiger partial charge >= 0.3 is 0 Å². The number of rotatable bonds is 12. The summed E-state index contributed by atoms with van der Waals surface area (Å²) in [4.78, 5) is 28.2. The number of nitrogens with zero attached hydrogens (tertiary/aromatic N) is 2. The molecule has 36 heavy (non-hydrogen) atoms. The number of benzene rings is 2. The molecule has 196 valence electrons. The number of fused-ring (bicyclic) bond motifs is 1. The molecule has 1 unspecified atom stereocenters. The molecule has 10 heteroatoms. The third kappa shape index (κ3) is 7.13. The van der Waals surface area contributed by atoms with Crippen molar-refractivity contribution in [3.8, 4) is 11.5 Å². The molecular weight excluding hydrogens is 482 g/mol. The van der Waals surface area contributed by atoms with Gasteiger partial charge in [0.25, 0.3) is 0 Å². The zero-order valence-corrected chi connectivity index (χ0v) is 21.9. The smallest absolute Gasteiger partial charge is 0.244 e. The van der Waals surface area contributed by atoms with Crippen LogP contribution in [0.15, 0.2) is 48.5 Å². The first-order valence-corrected chi connectivity index (χ1v) is 14.1. The van der Waals surface area contributed by atoms with Gasteiger partial charge in [-0.05, 0) is 30.5 Å². The molecular formula is C26H35N3O6S. The second-order valence-electron chi connectivity index (χ2n) is 8.67. The van der Waals surface area contributed by atoms with E-state index in [4.69, 9.17) is 9.47 Å². The van der Waals surface area contributed by atoms with E-state index in [-0.39, 0.29) is 18.1 Å². The van der Waals surface area contributed by atoms with Crippen LogP contribution in [0.25, 0.3) is 0 Å². The molecule has 0 saturated carbocycles. The molecule has 0 radical (unpaired) electrons. The van der Waals surface area contributed by atoms with E-state index in [0.717, 1.165) is 29.0 Å². The van der Waals surface area contributed by atoms with Crippen LogP contribution in [0.3, 0.4) is 0 Å². The van der Waals surface area contributed by atoms with Crippen molar-refractivity contribution in [2.75, 3.05) is 36.9 Å². The van der Waals surface area contributed by atoms with E-state index >= 15 is 0 Å². The van der Waals surface area contributed by atoms with E-state index in [0.29, 0.717) is 37.7 Å². The quantitative estimate of drug-likeness (QED) is 0.434. The van der Waals surface area contributed by atoms with Crippen molar-refractivity contribution >= 4 is 27.5 Å². The second-order valence-corrected chi connectivity index (χ2v) is 10.6. The highest BCUT2D eigenvalue weighted by Crippen LogP contribution is 2.34. The average Bonchev–Trinajstić information content (AvgIpc) is 2.87. The third-order valence-corrected chi connectivity index (χ3v) is 7.04. The largest absolute Gasteiger partial charge is 0.486 e. The van der Waals surface area contributed by atoms with Gasteiger partial charge in [0, 0.05) is 19.2 Å². The summed E-state index contributed by atoms with van der Waals surface area (Å²) in [5.74, 6) is 0.213. The SMILES string of the molecule is CCCCNC(=O)C(CC)N(Cc1ccccc1)C(=O)CN(c1ccc2c(c1)OCCO2)S(C)(=O)=O. The highest BCUT2D eigenvalue weighted by Gasteiger charge is 2.32. The van der Waals surface area contributed by atoms with Crippen molar-refractivity contribution in [2.24, 2.45) is 0 Å². The van der Waals surface area contributed by atoms with Gasteiger partial charge in [-0.25, -0.2) is 8.42 Å². The Balaban J connectivity index is 1.90. The Morgan fingerprint density at radius 1 is 1.03 bits per heavy atom. The Hall–Kier alpha value is -3.27. The normalized spacial score (nSPS) is 13.5. The van der Waals surface area contributed by atoms with Crippen molar-refractivity contribution < 1.29 is 27.5 Å². The fraction of sp³-hybridized carbons (Fsp3) is 0.462. The molecule has 0 aliphatic carbocycles. The highest BCUT2D eigenvalue weighted by molar-refractivity contribution is 7.92. The van der Waals surface area contributed by atoms with Crippen molar-refractivity contribution in [1.29, 1.82) is 0 Å². The van der Waals surface area contributed by atoms with Crippen molar-refractivity contribution in [3.63, 3.8) is 0 Å². The highest BCUT2D eigenvalue weighted by atomic mass is 32.2. The predicted octanol–water partition coefficient (Wildman–Crippen LogP) is 2.95. The van der Waals surface area contributed by atoms with E-state index in [2.05, 4.69) is 5.32 Å². The number of carbonyl (C=O) groups is 2. The average molecular weight is 518 g/mol. The van der Waals surface area contributed by atoms with Crippen LogP contribution in [0.4, 0.5) is 5.69 Å². The summed E-state index contributed by atoms with van der Waals surface area (Å²) in [6, 6.07) is 13.4. The first-order chi connectivity index (χ1) is 17.2. The fourth-order valence-corrected chi connectivity index (χ4v) is 4.85. The minimum atomic E-state index is -3.83. The summed E-state index contributed by atoms with van der Waals surface area (Å²) in [7, 11) is -3.83. The lowest BCUT2D eigenvalue weighted by Crippen LogP contribution is -2.52. The summed E-state index contributed by atoms with van der Waals surface area (Å²) in [6.07, 6.45) is 3.20. The minimum absolute atomic E-state index is 0.179. The molecule has 1 heterocycles. The van der Waals surface area contributed by atoms with E-state index < -0.39 is 28.5 Å². The Kier molecular flexibility index (Phi) is 9.58. The van der Waals surface area contributed by atoms with Crippen molar-refractivity contribution in [2.45, 2.75) is 45.7 Å². The van der Waals surface area contributed by atoms with Gasteiger partial charge in [0.1, 0.15) is 25.8 Å². The maximum absolute atomic E-state index is 13.7. The van der Waals surface area contributed by atoms with Gasteiger partial charge in [0.15, 0.2) is 11.5 Å². The molecule has 0 bridgehead atoms. The number of carbonyl (C=O) groups excluding carboxylic acids is 2. The molecule has 3 rings (SSSR count). The first kappa shape index (κ1) is 27.3. The molecule has 0 saturated heterocycles. The van der Waals surface area contributed by atoms with Gasteiger partial charge in [0.05, 0.1) is 11.9 Å². The summed E-state index contributed by atoms with van der Waals surface area (Å²) in [6.45, 7) is 4.88. The number of anilines is 1. The lowest BCUT2D eigenvalue weighted by molar-refractivity contribution is -0.140. The molecule has 9 nitrogen and oxygen atoms in total. The Bertz CT molecular complexity index is 1140. The van der Waals surface area contributed by atoms with E-state index in [1.807, 2.05) is 44.2 Å². The zero-order chi connectivity index (χ0) is 26.1. The molecule has 1 N–H and O–H groups in total. The van der Waals surface area contributed by atoms with E-state index in [1.54, 1.807) is 18.2 Å². The van der Waals surface area contributed by atoms with Gasteiger partial charge in [-0.15, -0.1) is 0 Å². The lowest BCUT2D eigenvalue weighted by Gasteiger charge is -2.33. The van der Waals surface area contributed by atoms with E-state index in [9.17, 15) is 18.0 Å². The monoisotopic (exact) mass is 517 g/mol. The second kappa shape index (κ2) is 12.6. The molecule has 1 atom stereocenters. The number of nitrogens with one attached hydrogen (secondary N) is 1. The van der Waals surface area contributed by atoms with Gasteiger partial charge in [-0.2, -0.15) is 0 Å². The molecule has 1 aliphatic rings. The summed E-state index contributed by atoms with van der Waals surface area (Å²) >= 11 is 0. The number of amides is 2. The summed E-state index contributed by atoms with van der Waals surface area (Å²) in [5.41, 5.74) is 1.13. The number of unbranched alkanes of at least 4 members (excludes halogenated alkanes) is 1. The summed E-state index contributed by atoms with van der Waals surface area (Å²) in [5, 5.41) is 2.91. The molecule has 1 aliphatic heterocycles. The van der Waals surface area contributed by atoms with Gasteiger partial charge in [0.2, 0.25) is 21.8 Å². The van der Waals surface area contributed by atoms with Gasteiger partial charge < -0.3 is 19.7 Å². The fourth-order valence-electron chi connectivity index (χ4n) is 4.01. The zero-order valence-electron chi connectivity index (χ0n) is 21.1. The number of hydrogen-bond donors (Lipinski definition) is 1. The van der Waals surface area contributed by atoms with Crippen LogP contribution in [0.2, 0.25) is 0 Å². The third-order valence-electron chi connectivity index (χ3n) is 5.90. The molecule has 0 fully saturated rings. The van der Waals surface area contributed by atoms with Crippen LogP contribution in [-0.4, -0.2) is 63.7 Å². The Labute approximate surface area is 213 Å². The van der Waals surface area contributed by atoms with E-state index in [1.165, 1.54) is 4.90 Å². The van der Waals surface area contributed by atoms with Crippen molar-refractivity contribution in [1.82, 2.24) is 10.2 Å². The lowest BCUT2D eigenvalue weighted by atomic mass is 10.1. The van der Waals surface area contributed by atoms with Gasteiger partial charge in [-0.1, -0.05) is 50.6 Å².